The lowest BCUT2D eigenvalue weighted by Gasteiger charge is -2.14. The minimum absolute atomic E-state index is 1.05. The summed E-state index contributed by atoms with van der Waals surface area (Å²) in [6.07, 6.45) is 60.7. The molecular weight excluding hydrogens is 757 g/mol. The lowest BCUT2D eigenvalue weighted by atomic mass is 9.90. The lowest BCUT2D eigenvalue weighted by molar-refractivity contribution is 0.574. The maximum absolute atomic E-state index is 2.68. The summed E-state index contributed by atoms with van der Waals surface area (Å²) in [5.74, 6) is 0. The smallest absolute Gasteiger partial charge is 0.000728 e. The van der Waals surface area contributed by atoms with E-state index in [1.165, 1.54) is 259 Å². The molecule has 63 heavy (non-hydrogen) atoms. The summed E-state index contributed by atoms with van der Waals surface area (Å²) in [6, 6.07) is 14.2. The molecule has 0 aromatic heterocycles. The first-order valence-corrected chi connectivity index (χ1v) is 28.0. The summed E-state index contributed by atoms with van der Waals surface area (Å²) < 4.78 is 0. The van der Waals surface area contributed by atoms with E-state index in [1.807, 2.05) is 0 Å². The van der Waals surface area contributed by atoms with Crippen molar-refractivity contribution in [2.75, 3.05) is 0 Å². The minimum Gasteiger partial charge on any atom is -0.0731 e. The van der Waals surface area contributed by atoms with Crippen molar-refractivity contribution in [3.05, 3.63) is 93.1 Å². The highest BCUT2D eigenvalue weighted by atomic mass is 14.3. The Morgan fingerprint density at radius 2 is 0.746 bits per heavy atom. The van der Waals surface area contributed by atoms with Crippen molar-refractivity contribution >= 4 is 12.2 Å². The fourth-order valence-corrected chi connectivity index (χ4v) is 10.1. The molecule has 0 bridgehead atoms. The van der Waals surface area contributed by atoms with Crippen LogP contribution in [0.2, 0.25) is 0 Å². The summed E-state index contributed by atoms with van der Waals surface area (Å²) in [5.41, 5.74) is 15.2. The summed E-state index contributed by atoms with van der Waals surface area (Å²) in [4.78, 5) is 0. The van der Waals surface area contributed by atoms with Gasteiger partial charge in [-0.3, -0.25) is 0 Å². The number of allylic oxidation sites excluding steroid dienone is 6. The van der Waals surface area contributed by atoms with Gasteiger partial charge in [0.1, 0.15) is 0 Å². The average molecular weight is 860 g/mol. The van der Waals surface area contributed by atoms with Crippen molar-refractivity contribution in [3.63, 3.8) is 0 Å². The quantitative estimate of drug-likeness (QED) is 0.0395. The van der Waals surface area contributed by atoms with E-state index >= 15 is 0 Å². The Bertz CT molecular complexity index is 1570. The minimum atomic E-state index is 1.05. The van der Waals surface area contributed by atoms with E-state index in [1.54, 1.807) is 27.9 Å². The third-order valence-electron chi connectivity index (χ3n) is 14.1. The molecule has 2 aromatic carbocycles. The van der Waals surface area contributed by atoms with Crippen molar-refractivity contribution in [3.8, 4) is 11.1 Å². The summed E-state index contributed by atoms with van der Waals surface area (Å²) in [6.45, 7) is 14.1. The molecule has 1 aliphatic rings. The molecule has 0 spiro atoms. The van der Waals surface area contributed by atoms with Gasteiger partial charge >= 0.3 is 0 Å². The molecule has 3 rings (SSSR count). The zero-order chi connectivity index (χ0) is 45.0. The molecule has 0 saturated carbocycles. The Kier molecular flexibility index (Phi) is 31.8. The van der Waals surface area contributed by atoms with Gasteiger partial charge in [-0.2, -0.15) is 0 Å². The van der Waals surface area contributed by atoms with Gasteiger partial charge in [-0.25, -0.2) is 0 Å². The summed E-state index contributed by atoms with van der Waals surface area (Å²) >= 11 is 0. The molecule has 0 aliphatic heterocycles. The topological polar surface area (TPSA) is 0 Å². The molecule has 0 N–H and O–H groups in total. The molecule has 1 aliphatic carbocycles. The highest BCUT2D eigenvalue weighted by molar-refractivity contribution is 5.85. The molecule has 2 aromatic rings. The van der Waals surface area contributed by atoms with Crippen molar-refractivity contribution in [2.45, 2.75) is 279 Å². The van der Waals surface area contributed by atoms with Crippen LogP contribution in [0, 0.1) is 0 Å². The second kappa shape index (κ2) is 36.6. The number of benzene rings is 2. The normalized spacial score (nSPS) is 13.3. The van der Waals surface area contributed by atoms with Crippen LogP contribution in [-0.4, -0.2) is 0 Å². The van der Waals surface area contributed by atoms with Gasteiger partial charge in [-0.1, -0.05) is 279 Å². The first-order valence-electron chi connectivity index (χ1n) is 28.0. The monoisotopic (exact) mass is 859 g/mol. The van der Waals surface area contributed by atoms with Crippen molar-refractivity contribution in [1.82, 2.24) is 0 Å². The molecule has 0 nitrogen and oxygen atoms in total. The number of fused-ring (bicyclic) bond motifs is 3. The number of hydrogen-bond donors (Lipinski definition) is 0. The van der Waals surface area contributed by atoms with Gasteiger partial charge < -0.3 is 0 Å². The van der Waals surface area contributed by atoms with Crippen molar-refractivity contribution in [1.29, 1.82) is 0 Å². The SMILES string of the molecule is CCCCCCCCCCC(C)=CC(=Cc1ccc2c(c1C=C(C=C(C)CCCCCCCCCC)CCCCCCCCCC)Cc1ccccc1-2)CCCCCCCCCC. The maximum atomic E-state index is 2.68. The highest BCUT2D eigenvalue weighted by Crippen LogP contribution is 2.41. The van der Waals surface area contributed by atoms with E-state index in [0.717, 1.165) is 6.42 Å². The maximum Gasteiger partial charge on any atom is -0.000728 e. The Morgan fingerprint density at radius 3 is 1.17 bits per heavy atom. The predicted octanol–water partition coefficient (Wildman–Crippen LogP) is 22.0. The summed E-state index contributed by atoms with van der Waals surface area (Å²) in [7, 11) is 0. The third kappa shape index (κ3) is 24.5. The Labute approximate surface area is 393 Å². The average Bonchev–Trinajstić information content (AvgIpc) is 3.67. The van der Waals surface area contributed by atoms with Crippen LogP contribution >= 0.6 is 0 Å². The van der Waals surface area contributed by atoms with Crippen molar-refractivity contribution < 1.29 is 0 Å². The van der Waals surface area contributed by atoms with Crippen LogP contribution in [-0.2, 0) is 6.42 Å². The van der Waals surface area contributed by atoms with E-state index in [0.29, 0.717) is 0 Å². The number of unbranched alkanes of at least 4 members (excludes halogenated alkanes) is 28. The molecule has 0 atom stereocenters. The van der Waals surface area contributed by atoms with Crippen LogP contribution in [0.5, 0.6) is 0 Å². The van der Waals surface area contributed by atoms with Gasteiger partial charge in [0, 0.05) is 0 Å². The van der Waals surface area contributed by atoms with Gasteiger partial charge in [0.2, 0.25) is 0 Å². The lowest BCUT2D eigenvalue weighted by Crippen LogP contribution is -1.95. The van der Waals surface area contributed by atoms with Crippen LogP contribution < -0.4 is 0 Å². The number of rotatable bonds is 40. The van der Waals surface area contributed by atoms with Crippen LogP contribution in [0.25, 0.3) is 23.3 Å². The van der Waals surface area contributed by atoms with Crippen LogP contribution in [0.3, 0.4) is 0 Å². The Hall–Kier alpha value is -2.60. The highest BCUT2D eigenvalue weighted by Gasteiger charge is 2.22. The zero-order valence-corrected chi connectivity index (χ0v) is 42.9. The second-order valence-corrected chi connectivity index (χ2v) is 20.2. The number of hydrogen-bond acceptors (Lipinski definition) is 0. The third-order valence-corrected chi connectivity index (χ3v) is 14.1. The molecule has 0 unspecified atom stereocenters. The predicted molar refractivity (Wildman–Crippen MR) is 287 cm³/mol. The molecule has 0 fully saturated rings. The van der Waals surface area contributed by atoms with E-state index in [4.69, 9.17) is 0 Å². The van der Waals surface area contributed by atoms with Gasteiger partial charge in [0.25, 0.3) is 0 Å². The first kappa shape index (κ1) is 54.7. The molecule has 0 saturated heterocycles. The fourth-order valence-electron chi connectivity index (χ4n) is 10.1. The van der Waals surface area contributed by atoms with Gasteiger partial charge in [-0.15, -0.1) is 0 Å². The van der Waals surface area contributed by atoms with E-state index in [9.17, 15) is 0 Å². The van der Waals surface area contributed by atoms with Gasteiger partial charge in [0.15, 0.2) is 0 Å². The zero-order valence-electron chi connectivity index (χ0n) is 42.9. The van der Waals surface area contributed by atoms with E-state index < -0.39 is 0 Å². The second-order valence-electron chi connectivity index (χ2n) is 20.2. The van der Waals surface area contributed by atoms with Crippen molar-refractivity contribution in [2.24, 2.45) is 0 Å². The van der Waals surface area contributed by atoms with Crippen LogP contribution in [0.4, 0.5) is 0 Å². The fraction of sp³-hybridized carbons (Fsp3) is 0.683. The van der Waals surface area contributed by atoms with Crippen LogP contribution in [0.15, 0.2) is 70.8 Å². The molecule has 0 radical (unpaired) electrons. The molecule has 354 valence electrons. The molecule has 0 heterocycles. The summed E-state index contributed by atoms with van der Waals surface area (Å²) in [5, 5.41) is 0. The largest absolute Gasteiger partial charge is 0.0731 e. The van der Waals surface area contributed by atoms with Gasteiger partial charge in [-0.05, 0) is 116 Å². The van der Waals surface area contributed by atoms with Gasteiger partial charge in [0.05, 0.1) is 0 Å². The van der Waals surface area contributed by atoms with E-state index in [-0.39, 0.29) is 0 Å². The molecular formula is C63H102. The molecule has 0 amide bonds. The molecule has 0 heteroatoms. The van der Waals surface area contributed by atoms with Crippen LogP contribution in [0.1, 0.15) is 295 Å². The first-order chi connectivity index (χ1) is 31.0. The Balaban J connectivity index is 1.93. The standard InChI is InChI=1S/C63H102/c1-7-11-15-19-23-27-31-35-41-54(5)49-56(43-37-33-29-25-21-17-13-9-3)51-59-47-48-61-60-46-40-39-45-58(60)53-63(61)62(59)52-57(44-38-34-30-26-22-18-14-10-4)50-55(6)42-36-32-28-24-20-16-12-8-2/h39-40,45-52H,7-38,41-44,53H2,1-6H3. The Morgan fingerprint density at radius 1 is 0.381 bits per heavy atom. The van der Waals surface area contributed by atoms with E-state index in [2.05, 4.69) is 102 Å².